The second kappa shape index (κ2) is 8.62. The number of tetrazole rings is 1. The average molecular weight is 459 g/mol. The lowest BCUT2D eigenvalue weighted by Crippen LogP contribution is -2.18. The number of halogens is 2. The van der Waals surface area contributed by atoms with Gasteiger partial charge in [0.1, 0.15) is 4.88 Å². The van der Waals surface area contributed by atoms with Gasteiger partial charge in [-0.2, -0.15) is 5.21 Å². The summed E-state index contributed by atoms with van der Waals surface area (Å²) in [5, 5.41) is 21.9. The standard InChI is InChI=1S/C19H12Cl2N6O2S/c20-11-2-4-12(5-3-11)22-18(28)13-6-1-10(17-24-26-27-25-17)9-15(13)23-19(29)16-14(21)7-8-30-16/h1-9H,(H,22,28)(H,23,29)(H,24,25,26,27). The highest BCUT2D eigenvalue weighted by atomic mass is 35.5. The van der Waals surface area contributed by atoms with Crippen molar-refractivity contribution in [3.05, 3.63) is 74.4 Å². The Balaban J connectivity index is 1.67. The normalized spacial score (nSPS) is 10.6. The van der Waals surface area contributed by atoms with Gasteiger partial charge >= 0.3 is 0 Å². The number of nitrogens with zero attached hydrogens (tertiary/aromatic N) is 3. The van der Waals surface area contributed by atoms with E-state index in [1.165, 1.54) is 11.3 Å². The molecule has 0 aliphatic rings. The summed E-state index contributed by atoms with van der Waals surface area (Å²) in [7, 11) is 0. The van der Waals surface area contributed by atoms with Crippen LogP contribution >= 0.6 is 34.5 Å². The molecule has 0 fully saturated rings. The summed E-state index contributed by atoms with van der Waals surface area (Å²) in [4.78, 5) is 25.9. The molecule has 0 aliphatic heterocycles. The number of aromatic nitrogens is 4. The number of rotatable bonds is 5. The van der Waals surface area contributed by atoms with Gasteiger partial charge in [-0.05, 0) is 53.1 Å². The topological polar surface area (TPSA) is 113 Å². The summed E-state index contributed by atoms with van der Waals surface area (Å²) in [5.74, 6) is -0.519. The first-order chi connectivity index (χ1) is 14.5. The lowest BCUT2D eigenvalue weighted by Gasteiger charge is -2.13. The highest BCUT2D eigenvalue weighted by Gasteiger charge is 2.19. The lowest BCUT2D eigenvalue weighted by atomic mass is 10.1. The van der Waals surface area contributed by atoms with E-state index in [4.69, 9.17) is 23.2 Å². The molecule has 0 unspecified atom stereocenters. The number of hydrogen-bond acceptors (Lipinski definition) is 6. The Morgan fingerprint density at radius 1 is 0.967 bits per heavy atom. The van der Waals surface area contributed by atoms with E-state index in [1.807, 2.05) is 0 Å². The summed E-state index contributed by atoms with van der Waals surface area (Å²) in [6.45, 7) is 0. The van der Waals surface area contributed by atoms with Gasteiger partial charge in [-0.1, -0.05) is 29.3 Å². The van der Waals surface area contributed by atoms with Gasteiger partial charge < -0.3 is 10.6 Å². The Hall–Kier alpha value is -3.27. The maximum absolute atomic E-state index is 12.9. The fraction of sp³-hybridized carbons (Fsp3) is 0. The van der Waals surface area contributed by atoms with Crippen LogP contribution in [0.5, 0.6) is 0 Å². The second-order valence-electron chi connectivity index (χ2n) is 6.01. The number of anilines is 2. The second-order valence-corrected chi connectivity index (χ2v) is 7.77. The number of aromatic amines is 1. The molecule has 2 aromatic heterocycles. The molecule has 3 N–H and O–H groups in total. The smallest absolute Gasteiger partial charge is 0.267 e. The van der Waals surface area contributed by atoms with E-state index in [2.05, 4.69) is 31.3 Å². The van der Waals surface area contributed by atoms with Crippen LogP contribution in [0.15, 0.2) is 53.9 Å². The van der Waals surface area contributed by atoms with Crippen molar-refractivity contribution >= 4 is 57.7 Å². The molecule has 4 rings (SSSR count). The molecule has 0 saturated heterocycles. The average Bonchev–Trinajstić information content (AvgIpc) is 3.41. The molecule has 2 amide bonds. The summed E-state index contributed by atoms with van der Waals surface area (Å²) in [5.41, 5.74) is 1.65. The number of amides is 2. The summed E-state index contributed by atoms with van der Waals surface area (Å²) >= 11 is 13.1. The van der Waals surface area contributed by atoms with Crippen LogP contribution in [0.25, 0.3) is 11.4 Å². The molecule has 150 valence electrons. The van der Waals surface area contributed by atoms with Crippen LogP contribution in [0.2, 0.25) is 10.0 Å². The van der Waals surface area contributed by atoms with E-state index in [1.54, 1.807) is 53.9 Å². The highest BCUT2D eigenvalue weighted by Crippen LogP contribution is 2.27. The van der Waals surface area contributed by atoms with Gasteiger partial charge in [-0.3, -0.25) is 9.59 Å². The van der Waals surface area contributed by atoms with Gasteiger partial charge in [0.05, 0.1) is 16.3 Å². The van der Waals surface area contributed by atoms with Gasteiger partial charge in [0.15, 0.2) is 0 Å². The van der Waals surface area contributed by atoms with Gasteiger partial charge in [0.2, 0.25) is 5.82 Å². The third kappa shape index (κ3) is 4.33. The van der Waals surface area contributed by atoms with Crippen molar-refractivity contribution in [2.45, 2.75) is 0 Å². The molecule has 0 saturated carbocycles. The molecule has 0 radical (unpaired) electrons. The molecule has 2 heterocycles. The molecule has 11 heteroatoms. The van der Waals surface area contributed by atoms with Crippen molar-refractivity contribution in [1.29, 1.82) is 0 Å². The van der Waals surface area contributed by atoms with Crippen molar-refractivity contribution in [1.82, 2.24) is 20.6 Å². The van der Waals surface area contributed by atoms with Gasteiger partial charge in [0, 0.05) is 16.3 Å². The largest absolute Gasteiger partial charge is 0.322 e. The number of hydrogen-bond donors (Lipinski definition) is 3. The number of carbonyl (C=O) groups excluding carboxylic acids is 2. The zero-order valence-corrected chi connectivity index (χ0v) is 17.3. The molecule has 2 aromatic carbocycles. The maximum atomic E-state index is 12.9. The zero-order chi connectivity index (χ0) is 21.1. The van der Waals surface area contributed by atoms with Gasteiger partial charge in [-0.15, -0.1) is 21.5 Å². The van der Waals surface area contributed by atoms with Crippen LogP contribution in [0, 0.1) is 0 Å². The summed E-state index contributed by atoms with van der Waals surface area (Å²) in [6, 6.07) is 13.1. The van der Waals surface area contributed by atoms with E-state index >= 15 is 0 Å². The SMILES string of the molecule is O=C(Nc1ccc(Cl)cc1)c1ccc(-c2nn[nH]n2)cc1NC(=O)c1sccc1Cl. The minimum atomic E-state index is -0.430. The molecule has 4 aromatic rings. The highest BCUT2D eigenvalue weighted by molar-refractivity contribution is 7.12. The van der Waals surface area contributed by atoms with Gasteiger partial charge in [0.25, 0.3) is 11.8 Å². The van der Waals surface area contributed by atoms with E-state index in [0.717, 1.165) is 0 Å². The number of thiophene rings is 1. The molecule has 0 bridgehead atoms. The lowest BCUT2D eigenvalue weighted by molar-refractivity contribution is 0.102. The Kier molecular flexibility index (Phi) is 5.75. The van der Waals surface area contributed by atoms with Crippen LogP contribution in [-0.2, 0) is 0 Å². The Morgan fingerprint density at radius 3 is 2.43 bits per heavy atom. The molecule has 30 heavy (non-hydrogen) atoms. The van der Waals surface area contributed by atoms with Crippen molar-refractivity contribution < 1.29 is 9.59 Å². The Bertz CT molecular complexity index is 1210. The van der Waals surface area contributed by atoms with Crippen molar-refractivity contribution in [3.8, 4) is 11.4 Å². The van der Waals surface area contributed by atoms with Crippen molar-refractivity contribution in [3.63, 3.8) is 0 Å². The zero-order valence-electron chi connectivity index (χ0n) is 15.0. The predicted molar refractivity (Wildman–Crippen MR) is 116 cm³/mol. The summed E-state index contributed by atoms with van der Waals surface area (Å²) < 4.78 is 0. The molecule has 0 spiro atoms. The van der Waals surface area contributed by atoms with Crippen LogP contribution < -0.4 is 10.6 Å². The Labute approximate surface area is 184 Å². The first kappa shape index (κ1) is 20.0. The number of carbonyl (C=O) groups is 2. The van der Waals surface area contributed by atoms with Crippen molar-refractivity contribution in [2.75, 3.05) is 10.6 Å². The number of benzene rings is 2. The molecule has 0 aliphatic carbocycles. The molecular weight excluding hydrogens is 447 g/mol. The first-order valence-corrected chi connectivity index (χ1v) is 10.1. The fourth-order valence-electron chi connectivity index (χ4n) is 2.64. The van der Waals surface area contributed by atoms with Crippen LogP contribution in [0.1, 0.15) is 20.0 Å². The van der Waals surface area contributed by atoms with E-state index < -0.39 is 11.8 Å². The quantitative estimate of drug-likeness (QED) is 0.399. The number of H-pyrrole nitrogens is 1. The fourth-order valence-corrected chi connectivity index (χ4v) is 3.80. The Morgan fingerprint density at radius 2 is 1.77 bits per heavy atom. The van der Waals surface area contributed by atoms with Gasteiger partial charge in [-0.25, -0.2) is 0 Å². The first-order valence-electron chi connectivity index (χ1n) is 8.50. The van der Waals surface area contributed by atoms with Crippen molar-refractivity contribution in [2.24, 2.45) is 0 Å². The molecule has 8 nitrogen and oxygen atoms in total. The molecular formula is C19H12Cl2N6O2S. The third-order valence-electron chi connectivity index (χ3n) is 4.04. The van der Waals surface area contributed by atoms with E-state index in [0.29, 0.717) is 32.0 Å². The summed E-state index contributed by atoms with van der Waals surface area (Å²) in [6.07, 6.45) is 0. The van der Waals surface area contributed by atoms with Crippen LogP contribution in [0.4, 0.5) is 11.4 Å². The monoisotopic (exact) mass is 458 g/mol. The maximum Gasteiger partial charge on any atom is 0.267 e. The van der Waals surface area contributed by atoms with Crippen LogP contribution in [-0.4, -0.2) is 32.4 Å². The van der Waals surface area contributed by atoms with E-state index in [9.17, 15) is 9.59 Å². The third-order valence-corrected chi connectivity index (χ3v) is 5.63. The number of nitrogens with one attached hydrogen (secondary N) is 3. The molecule has 0 atom stereocenters. The van der Waals surface area contributed by atoms with E-state index in [-0.39, 0.29) is 11.3 Å². The van der Waals surface area contributed by atoms with Crippen LogP contribution in [0.3, 0.4) is 0 Å². The minimum absolute atomic E-state index is 0.248. The predicted octanol–water partition coefficient (Wildman–Crippen LogP) is 4.74. The minimum Gasteiger partial charge on any atom is -0.322 e.